The zero-order valence-electron chi connectivity index (χ0n) is 15.3. The van der Waals surface area contributed by atoms with Gasteiger partial charge in [-0.2, -0.15) is 96.6 Å². The zero-order chi connectivity index (χ0) is 27.0. The van der Waals surface area contributed by atoms with Crippen LogP contribution in [0.15, 0.2) is 0 Å². The normalized spacial score (nSPS) is 16.5. The van der Waals surface area contributed by atoms with Crippen LogP contribution in [0, 0.1) is 0 Å². The molecule has 0 amide bonds. The van der Waals surface area contributed by atoms with Crippen molar-refractivity contribution in [2.45, 2.75) is 59.7 Å². The average Bonchev–Trinajstić information content (AvgIpc) is 2.51. The van der Waals surface area contributed by atoms with E-state index in [1.165, 1.54) is 0 Å². The maximum Gasteiger partial charge on any atom is 1.00 e. The summed E-state index contributed by atoms with van der Waals surface area (Å²) < 4.78 is 276. The minimum Gasteiger partial charge on any atom is -1.00 e. The van der Waals surface area contributed by atoms with Gasteiger partial charge in [-0.1, -0.05) is 0 Å². The van der Waals surface area contributed by atoms with Gasteiger partial charge in [-0.3, -0.25) is 0 Å². The van der Waals surface area contributed by atoms with Gasteiger partial charge in [-0.25, -0.2) is 0 Å². The van der Waals surface area contributed by atoms with Crippen molar-refractivity contribution in [1.29, 1.82) is 0 Å². The van der Waals surface area contributed by atoms with Crippen molar-refractivity contribution >= 4 is 0 Å². The molecule has 0 unspecified atom stereocenters. The molecule has 0 aromatic heterocycles. The fraction of sp³-hybridized carbons (Fsp3) is 1.00. The van der Waals surface area contributed by atoms with E-state index in [9.17, 15) is 96.6 Å². The van der Waals surface area contributed by atoms with Crippen LogP contribution in [0.3, 0.4) is 0 Å². The molecule has 0 N–H and O–H groups in total. The van der Waals surface area contributed by atoms with Crippen LogP contribution in [0.2, 0.25) is 0 Å². The SMILES string of the molecule is FC(F)(F)C(F)(F)C(F)(F)C(F)(F)C(F)(F)C(F)(F)C(F)(F)C(F)(F)C(F)(F)C(F)(F)F.[H-].[Na+]. The summed E-state index contributed by atoms with van der Waals surface area (Å²) in [5, 5.41) is 0. The molecule has 0 atom stereocenters. The molecule has 0 saturated heterocycles. The summed E-state index contributed by atoms with van der Waals surface area (Å²) in [4.78, 5) is 0. The van der Waals surface area contributed by atoms with Crippen LogP contribution in [0.25, 0.3) is 0 Å². The van der Waals surface area contributed by atoms with Gasteiger partial charge in [-0.05, 0) is 0 Å². The zero-order valence-corrected chi connectivity index (χ0v) is 16.3. The largest absolute Gasteiger partial charge is 1.00 e. The quantitative estimate of drug-likeness (QED) is 0.321. The summed E-state index contributed by atoms with van der Waals surface area (Å²) >= 11 is 0. The first kappa shape index (κ1) is 34.6. The first-order valence-electron chi connectivity index (χ1n) is 6.41. The van der Waals surface area contributed by atoms with E-state index in [0.717, 1.165) is 0 Å². The smallest absolute Gasteiger partial charge is 1.00 e. The van der Waals surface area contributed by atoms with E-state index < -0.39 is 59.7 Å². The monoisotopic (exact) mass is 562 g/mol. The molecule has 196 valence electrons. The molecule has 0 saturated carbocycles. The number of hydrogen-bond donors (Lipinski definition) is 0. The van der Waals surface area contributed by atoms with E-state index in [1.807, 2.05) is 0 Å². The molecule has 0 aliphatic rings. The fourth-order valence-corrected chi connectivity index (χ4v) is 1.54. The Bertz CT molecular complexity index is 639. The molecule has 0 aromatic carbocycles. The average molecular weight is 562 g/mol. The predicted octanol–water partition coefficient (Wildman–Crippen LogP) is 4.31. The summed E-state index contributed by atoms with van der Waals surface area (Å²) in [6.07, 6.45) is -16.1. The van der Waals surface area contributed by atoms with Gasteiger partial charge in [-0.15, -0.1) is 0 Å². The first-order valence-corrected chi connectivity index (χ1v) is 6.41. The second-order valence-corrected chi connectivity index (χ2v) is 5.59. The third kappa shape index (κ3) is 4.22. The number of hydrogen-bond acceptors (Lipinski definition) is 0. The van der Waals surface area contributed by atoms with Gasteiger partial charge in [0.1, 0.15) is 0 Å². The third-order valence-corrected chi connectivity index (χ3v) is 3.47. The van der Waals surface area contributed by atoms with Gasteiger partial charge < -0.3 is 1.43 Å². The van der Waals surface area contributed by atoms with Crippen molar-refractivity contribution < 1.29 is 128 Å². The molecule has 0 aliphatic heterocycles. The van der Waals surface area contributed by atoms with Gasteiger partial charge in [0.05, 0.1) is 0 Å². The number of alkyl halides is 22. The van der Waals surface area contributed by atoms with Gasteiger partial charge in [0, 0.05) is 0 Å². The molecule has 0 bridgehead atoms. The first-order chi connectivity index (χ1) is 13.2. The minimum absolute atomic E-state index is 0. The van der Waals surface area contributed by atoms with E-state index in [4.69, 9.17) is 0 Å². The Morgan fingerprint density at radius 1 is 0.212 bits per heavy atom. The van der Waals surface area contributed by atoms with Gasteiger partial charge >= 0.3 is 89.3 Å². The summed E-state index contributed by atoms with van der Waals surface area (Å²) in [7, 11) is 0. The molecule has 0 rings (SSSR count). The summed E-state index contributed by atoms with van der Waals surface area (Å²) in [6, 6.07) is 0. The molecular formula is C10HF22Na. The number of halogens is 22. The topological polar surface area (TPSA) is 0 Å². The van der Waals surface area contributed by atoms with Crippen LogP contribution >= 0.6 is 0 Å². The van der Waals surface area contributed by atoms with Crippen molar-refractivity contribution in [3.8, 4) is 0 Å². The van der Waals surface area contributed by atoms with E-state index in [-0.39, 0.29) is 31.0 Å². The number of rotatable bonds is 7. The van der Waals surface area contributed by atoms with Crippen LogP contribution in [0.4, 0.5) is 96.6 Å². The van der Waals surface area contributed by atoms with E-state index in [2.05, 4.69) is 0 Å². The Balaban J connectivity index is -0.00000480. The van der Waals surface area contributed by atoms with E-state index >= 15 is 0 Å². The Labute approximate surface area is 188 Å². The maximum absolute atomic E-state index is 13.1. The summed E-state index contributed by atoms with van der Waals surface area (Å²) in [6.45, 7) is 0. The molecule has 0 aromatic rings. The maximum atomic E-state index is 13.1. The second-order valence-electron chi connectivity index (χ2n) is 5.59. The van der Waals surface area contributed by atoms with Crippen LogP contribution in [0.5, 0.6) is 0 Å². The summed E-state index contributed by atoms with van der Waals surface area (Å²) in [5.74, 6) is -71.5. The van der Waals surface area contributed by atoms with Crippen molar-refractivity contribution in [3.05, 3.63) is 0 Å². The van der Waals surface area contributed by atoms with Gasteiger partial charge in [0.15, 0.2) is 0 Å². The Morgan fingerprint density at radius 2 is 0.303 bits per heavy atom. The molecular weight excluding hydrogens is 561 g/mol. The van der Waals surface area contributed by atoms with Gasteiger partial charge in [0.2, 0.25) is 0 Å². The Hall–Kier alpha value is -0.540. The van der Waals surface area contributed by atoms with Crippen molar-refractivity contribution in [2.24, 2.45) is 0 Å². The molecule has 23 heteroatoms. The van der Waals surface area contributed by atoms with E-state index in [0.29, 0.717) is 0 Å². The van der Waals surface area contributed by atoms with Crippen molar-refractivity contribution in [3.63, 3.8) is 0 Å². The second kappa shape index (κ2) is 8.26. The molecule has 0 fully saturated rings. The Morgan fingerprint density at radius 3 is 0.394 bits per heavy atom. The van der Waals surface area contributed by atoms with E-state index in [1.54, 1.807) is 0 Å². The molecule has 0 nitrogen and oxygen atoms in total. The van der Waals surface area contributed by atoms with Crippen LogP contribution < -0.4 is 29.6 Å². The summed E-state index contributed by atoms with van der Waals surface area (Å²) in [5.41, 5.74) is 0. The molecule has 33 heavy (non-hydrogen) atoms. The Kier molecular flexibility index (Phi) is 8.66. The standard InChI is InChI=1S/C10F22.Na.H/c11-1(12,3(15,16)5(19,20)7(23,24)9(27,28)29)2(13,14)4(17,18)6(21,22)8(25,26)10(30,31)32;;/q;+1;-1. The minimum atomic E-state index is -9.24. The van der Waals surface area contributed by atoms with Crippen molar-refractivity contribution in [1.82, 2.24) is 0 Å². The van der Waals surface area contributed by atoms with Crippen molar-refractivity contribution in [2.75, 3.05) is 0 Å². The molecule has 0 spiro atoms. The molecule has 0 radical (unpaired) electrons. The molecule has 0 heterocycles. The van der Waals surface area contributed by atoms with Crippen LogP contribution in [0.1, 0.15) is 1.43 Å². The predicted molar refractivity (Wildman–Crippen MR) is 52.8 cm³/mol. The van der Waals surface area contributed by atoms with Crippen LogP contribution in [-0.4, -0.2) is 59.7 Å². The van der Waals surface area contributed by atoms with Gasteiger partial charge in [0.25, 0.3) is 0 Å². The molecule has 0 aliphatic carbocycles. The van der Waals surface area contributed by atoms with Crippen LogP contribution in [-0.2, 0) is 0 Å². The fourth-order valence-electron chi connectivity index (χ4n) is 1.54. The third-order valence-electron chi connectivity index (χ3n) is 3.47.